The highest BCUT2D eigenvalue weighted by molar-refractivity contribution is 5.82. The maximum absolute atomic E-state index is 13.9. The molecule has 0 spiro atoms. The Morgan fingerprint density at radius 3 is 2.57 bits per heavy atom. The number of unbranched alkanes of at least 4 members (excludes halogenated alkanes) is 1. The number of benzene rings is 2. The molecular weight excluding hydrogens is 578 g/mol. The number of carbonyl (C=O) groups is 2. The number of carbonyl (C=O) groups excluding carboxylic acids is 2. The van der Waals surface area contributed by atoms with E-state index in [9.17, 15) is 14.4 Å². The van der Waals surface area contributed by atoms with Crippen LogP contribution in [0.25, 0.3) is 11.1 Å². The molecule has 2 heterocycles. The quantitative estimate of drug-likeness (QED) is 0.107. The Bertz CT molecular complexity index is 1560. The van der Waals surface area contributed by atoms with E-state index in [2.05, 4.69) is 23.4 Å². The minimum atomic E-state index is -0.827. The summed E-state index contributed by atoms with van der Waals surface area (Å²) in [4.78, 5) is 42.0. The number of amides is 1. The van der Waals surface area contributed by atoms with Crippen molar-refractivity contribution in [1.29, 1.82) is 0 Å². The lowest BCUT2D eigenvalue weighted by Gasteiger charge is -2.24. The van der Waals surface area contributed by atoms with E-state index < -0.39 is 18.1 Å². The Morgan fingerprint density at radius 1 is 1.04 bits per heavy atom. The Kier molecular flexibility index (Phi) is 13.0. The van der Waals surface area contributed by atoms with Crippen molar-refractivity contribution in [3.8, 4) is 16.9 Å². The fourth-order valence-corrected chi connectivity index (χ4v) is 5.96. The van der Waals surface area contributed by atoms with Gasteiger partial charge in [-0.05, 0) is 92.9 Å². The number of esters is 1. The van der Waals surface area contributed by atoms with E-state index in [0.717, 1.165) is 72.5 Å². The lowest BCUT2D eigenvalue weighted by molar-refractivity contribution is -0.141. The summed E-state index contributed by atoms with van der Waals surface area (Å²) < 4.78 is 12.7. The zero-order valence-corrected chi connectivity index (χ0v) is 27.2. The number of likely N-dealkylation sites (tertiary alicyclic amines) is 1. The molecule has 0 aliphatic carbocycles. The van der Waals surface area contributed by atoms with Crippen molar-refractivity contribution in [2.75, 3.05) is 33.4 Å². The molecule has 1 saturated heterocycles. The van der Waals surface area contributed by atoms with E-state index in [1.807, 2.05) is 61.5 Å². The van der Waals surface area contributed by atoms with Crippen molar-refractivity contribution >= 4 is 11.9 Å². The highest BCUT2D eigenvalue weighted by Gasteiger charge is 2.26. The van der Waals surface area contributed by atoms with Gasteiger partial charge in [-0.1, -0.05) is 48.6 Å². The van der Waals surface area contributed by atoms with Crippen LogP contribution in [-0.4, -0.2) is 54.7 Å². The molecule has 8 heteroatoms. The average Bonchev–Trinajstić information content (AvgIpc) is 3.59. The molecule has 1 N–H and O–H groups in total. The number of rotatable bonds is 17. The molecule has 4 rings (SSSR count). The molecule has 1 aliphatic rings. The lowest BCUT2D eigenvalue weighted by Crippen LogP contribution is -2.39. The van der Waals surface area contributed by atoms with Gasteiger partial charge >= 0.3 is 5.97 Å². The third-order valence-electron chi connectivity index (χ3n) is 8.48. The monoisotopic (exact) mass is 625 g/mol. The Hall–Kier alpha value is -4.43. The molecule has 0 bridgehead atoms. The fourth-order valence-electron chi connectivity index (χ4n) is 5.96. The van der Waals surface area contributed by atoms with Crippen molar-refractivity contribution in [1.82, 2.24) is 14.8 Å². The second-order valence-electron chi connectivity index (χ2n) is 11.8. The number of ether oxygens (including phenoxy) is 2. The van der Waals surface area contributed by atoms with Crippen molar-refractivity contribution < 1.29 is 19.1 Å². The first-order valence-electron chi connectivity index (χ1n) is 16.2. The first-order valence-corrected chi connectivity index (χ1v) is 16.2. The molecule has 2 aromatic carbocycles. The molecule has 244 valence electrons. The first kappa shape index (κ1) is 34.4. The second-order valence-corrected chi connectivity index (χ2v) is 11.8. The van der Waals surface area contributed by atoms with E-state index in [-0.39, 0.29) is 24.3 Å². The van der Waals surface area contributed by atoms with Gasteiger partial charge in [-0.25, -0.2) is 0 Å². The van der Waals surface area contributed by atoms with Crippen LogP contribution in [0.2, 0.25) is 0 Å². The molecule has 0 radical (unpaired) electrons. The van der Waals surface area contributed by atoms with Crippen LogP contribution < -0.4 is 15.6 Å². The van der Waals surface area contributed by atoms with E-state index in [1.165, 1.54) is 30.6 Å². The van der Waals surface area contributed by atoms with Gasteiger partial charge in [0.05, 0.1) is 26.2 Å². The average molecular weight is 626 g/mol. The van der Waals surface area contributed by atoms with Gasteiger partial charge in [0, 0.05) is 24.4 Å². The molecule has 46 heavy (non-hydrogen) atoms. The molecule has 8 nitrogen and oxygen atoms in total. The van der Waals surface area contributed by atoms with Gasteiger partial charge in [0.25, 0.3) is 5.56 Å². The van der Waals surface area contributed by atoms with Crippen LogP contribution in [0.3, 0.4) is 0 Å². The van der Waals surface area contributed by atoms with Crippen molar-refractivity contribution in [2.24, 2.45) is 0 Å². The van der Waals surface area contributed by atoms with E-state index in [4.69, 9.17) is 9.47 Å². The number of aryl methyl sites for hydroxylation is 1. The second kappa shape index (κ2) is 17.3. The summed E-state index contributed by atoms with van der Waals surface area (Å²) in [5.74, 6) is -0.0656. The molecule has 0 saturated carbocycles. The van der Waals surface area contributed by atoms with Crippen LogP contribution in [0.15, 0.2) is 90.9 Å². The van der Waals surface area contributed by atoms with Gasteiger partial charge in [0.1, 0.15) is 11.8 Å². The van der Waals surface area contributed by atoms with Crippen molar-refractivity contribution in [2.45, 2.75) is 64.0 Å². The summed E-state index contributed by atoms with van der Waals surface area (Å²) in [5, 5.41) is 3.07. The molecule has 1 fully saturated rings. The zero-order chi connectivity index (χ0) is 32.9. The minimum absolute atomic E-state index is 0.0735. The number of allylic oxidation sites excluding steroid dienone is 2. The predicted molar refractivity (Wildman–Crippen MR) is 183 cm³/mol. The van der Waals surface area contributed by atoms with Gasteiger partial charge in [-0.2, -0.15) is 0 Å². The first-order chi connectivity index (χ1) is 22.3. The number of nitrogens with zero attached hydrogens (tertiary/aromatic N) is 2. The maximum Gasteiger partial charge on any atom is 0.307 e. The highest BCUT2D eigenvalue weighted by atomic mass is 16.5. The Labute approximate surface area is 272 Å². The molecule has 1 aliphatic heterocycles. The van der Waals surface area contributed by atoms with Crippen LogP contribution in [0.4, 0.5) is 0 Å². The number of hydrogen-bond acceptors (Lipinski definition) is 6. The summed E-state index contributed by atoms with van der Waals surface area (Å²) in [6.45, 7) is 13.3. The van der Waals surface area contributed by atoms with Crippen LogP contribution in [0, 0.1) is 6.92 Å². The predicted octanol–water partition coefficient (Wildman–Crippen LogP) is 6.34. The van der Waals surface area contributed by atoms with Gasteiger partial charge in [0.2, 0.25) is 5.91 Å². The number of methoxy groups -OCH3 is 1. The highest BCUT2D eigenvalue weighted by Crippen LogP contribution is 2.35. The molecule has 2 atom stereocenters. The van der Waals surface area contributed by atoms with Crippen LogP contribution in [0.5, 0.6) is 5.75 Å². The number of aromatic nitrogens is 1. The largest absolute Gasteiger partial charge is 0.493 e. The van der Waals surface area contributed by atoms with Crippen molar-refractivity contribution in [3.05, 3.63) is 113 Å². The van der Waals surface area contributed by atoms with E-state index in [0.29, 0.717) is 6.61 Å². The topological polar surface area (TPSA) is 89.9 Å². The number of nitrogens with one attached hydrogen (secondary N) is 1. The number of pyridine rings is 1. The maximum atomic E-state index is 13.9. The summed E-state index contributed by atoms with van der Waals surface area (Å²) in [7, 11) is 1.33. The molecule has 0 unspecified atom stereocenters. The van der Waals surface area contributed by atoms with Crippen molar-refractivity contribution in [3.63, 3.8) is 0 Å². The summed E-state index contributed by atoms with van der Waals surface area (Å²) in [6, 6.07) is 15.6. The number of hydrogen-bond donors (Lipinski definition) is 1. The SMILES string of the molecule is C=CCCCOc1cccc(C)c1-c1cccc([C@H](CC(=O)OC)NC(=O)[C@H](CC=C)n2cc(CCN3CCCC3)ccc2=O)c1. The zero-order valence-electron chi connectivity index (χ0n) is 27.2. The standard InChI is InChI=1S/C38H47N3O5/c1-5-7-10-24-46-34-17-11-14-28(3)37(34)31-16-12-15-30(25-31)32(26-36(43)45-4)39-38(44)33(13-6-2)41-27-29(18-19-35(41)42)20-23-40-21-8-9-22-40/h5-6,11-12,14-19,25,27,32-33H,1-2,7-10,13,20-24,26H2,3-4H3,(H,39,44)/t32-,33-/m0/s1. The Morgan fingerprint density at radius 2 is 1.83 bits per heavy atom. The van der Waals surface area contributed by atoms with Crippen LogP contribution in [-0.2, 0) is 20.7 Å². The molecule has 3 aromatic rings. The lowest BCUT2D eigenvalue weighted by atomic mass is 9.94. The van der Waals surface area contributed by atoms with Gasteiger partial charge in [-0.3, -0.25) is 14.4 Å². The molecule has 1 aromatic heterocycles. The van der Waals surface area contributed by atoms with E-state index >= 15 is 0 Å². The molecule has 1 amide bonds. The summed E-state index contributed by atoms with van der Waals surface area (Å²) in [6.07, 6.45) is 10.4. The third kappa shape index (κ3) is 9.30. The minimum Gasteiger partial charge on any atom is -0.493 e. The van der Waals surface area contributed by atoms with Crippen LogP contribution >= 0.6 is 0 Å². The molecular formula is C38H47N3O5. The summed E-state index contributed by atoms with van der Waals surface area (Å²) in [5.41, 5.74) is 4.37. The fraction of sp³-hybridized carbons (Fsp3) is 0.395. The third-order valence-corrected chi connectivity index (χ3v) is 8.48. The smallest absolute Gasteiger partial charge is 0.307 e. The van der Waals surface area contributed by atoms with Gasteiger partial charge in [0.15, 0.2) is 0 Å². The van der Waals surface area contributed by atoms with Crippen LogP contribution in [0.1, 0.15) is 67.3 Å². The van der Waals surface area contributed by atoms with Gasteiger partial charge in [-0.15, -0.1) is 13.2 Å². The van der Waals surface area contributed by atoms with Gasteiger partial charge < -0.3 is 24.3 Å². The summed E-state index contributed by atoms with van der Waals surface area (Å²) >= 11 is 0. The van der Waals surface area contributed by atoms with E-state index in [1.54, 1.807) is 12.3 Å². The normalized spacial score (nSPS) is 14.3. The Balaban J connectivity index is 1.61.